The molecule has 0 radical (unpaired) electrons. The van der Waals surface area contributed by atoms with Crippen LogP contribution in [0.5, 0.6) is 0 Å². The Hall–Kier alpha value is -2.81. The normalized spacial score (nSPS) is 14.0. The van der Waals surface area contributed by atoms with E-state index in [0.29, 0.717) is 28.1 Å². The number of aromatic nitrogens is 2. The topological polar surface area (TPSA) is 106 Å². The molecule has 0 atom stereocenters. The number of urea groups is 1. The highest BCUT2D eigenvalue weighted by Gasteiger charge is 2.24. The zero-order valence-electron chi connectivity index (χ0n) is 14.4. The van der Waals surface area contributed by atoms with Gasteiger partial charge in [-0.2, -0.15) is 0 Å². The van der Waals surface area contributed by atoms with Gasteiger partial charge in [0.25, 0.3) is 5.22 Å². The van der Waals surface area contributed by atoms with Crippen LogP contribution in [0.15, 0.2) is 45.2 Å². The summed E-state index contributed by atoms with van der Waals surface area (Å²) in [5.74, 6) is 0.267. The van der Waals surface area contributed by atoms with Crippen LogP contribution in [0.1, 0.15) is 12.5 Å². The molecule has 26 heavy (non-hydrogen) atoms. The molecule has 1 aliphatic rings. The van der Waals surface area contributed by atoms with Gasteiger partial charge in [-0.3, -0.25) is 0 Å². The monoisotopic (exact) mass is 374 g/mol. The highest BCUT2D eigenvalue weighted by Crippen LogP contribution is 2.25. The molecule has 136 valence electrons. The first kappa shape index (κ1) is 18.0. The molecule has 0 fully saturated rings. The molecule has 0 saturated carbocycles. The maximum atomic E-state index is 12.0. The Labute approximate surface area is 154 Å². The van der Waals surface area contributed by atoms with E-state index in [1.54, 1.807) is 6.92 Å². The fourth-order valence-corrected chi connectivity index (χ4v) is 3.12. The van der Waals surface area contributed by atoms with Crippen molar-refractivity contribution in [2.45, 2.75) is 19.1 Å². The summed E-state index contributed by atoms with van der Waals surface area (Å²) >= 11 is 1.24. The number of ether oxygens (including phenoxy) is 1. The number of hydrogen-bond donors (Lipinski definition) is 2. The molecule has 1 aromatic carbocycles. The fraction of sp³-hybridized carbons (Fsp3) is 0.294. The van der Waals surface area contributed by atoms with Crippen LogP contribution in [-0.4, -0.2) is 41.1 Å². The van der Waals surface area contributed by atoms with Gasteiger partial charge >= 0.3 is 12.0 Å². The third kappa shape index (κ3) is 4.23. The lowest BCUT2D eigenvalue weighted by atomic mass is 10.1. The van der Waals surface area contributed by atoms with Crippen molar-refractivity contribution in [3.63, 3.8) is 0 Å². The van der Waals surface area contributed by atoms with E-state index in [2.05, 4.69) is 20.8 Å². The number of aryl methyl sites for hydroxylation is 1. The van der Waals surface area contributed by atoms with Crippen molar-refractivity contribution in [2.75, 3.05) is 18.9 Å². The first-order valence-corrected chi connectivity index (χ1v) is 9.02. The van der Waals surface area contributed by atoms with Crippen LogP contribution in [0.4, 0.5) is 4.79 Å². The summed E-state index contributed by atoms with van der Waals surface area (Å²) in [6, 6.07) is 7.39. The molecule has 2 amide bonds. The molecule has 2 N–H and O–H groups in total. The molecule has 0 spiro atoms. The predicted molar refractivity (Wildman–Crippen MR) is 95.4 cm³/mol. The van der Waals surface area contributed by atoms with Crippen LogP contribution in [0.25, 0.3) is 11.5 Å². The number of esters is 1. The van der Waals surface area contributed by atoms with Gasteiger partial charge in [-0.1, -0.05) is 29.5 Å². The average molecular weight is 374 g/mol. The SMILES string of the molecule is CCOC(=O)C1=C(CSc2nnc(-c3cccc(C)c3)o2)NC(=O)NC1. The van der Waals surface area contributed by atoms with E-state index in [-0.39, 0.29) is 19.2 Å². The maximum Gasteiger partial charge on any atom is 0.337 e. The minimum Gasteiger partial charge on any atom is -0.463 e. The second kappa shape index (κ2) is 8.05. The van der Waals surface area contributed by atoms with E-state index in [1.807, 2.05) is 31.2 Å². The van der Waals surface area contributed by atoms with E-state index < -0.39 is 5.97 Å². The van der Waals surface area contributed by atoms with Crippen LogP contribution in [0.3, 0.4) is 0 Å². The molecule has 1 aromatic heterocycles. The quantitative estimate of drug-likeness (QED) is 0.590. The van der Waals surface area contributed by atoms with Crippen molar-refractivity contribution >= 4 is 23.8 Å². The number of rotatable bonds is 6. The van der Waals surface area contributed by atoms with Crippen molar-refractivity contribution in [1.82, 2.24) is 20.8 Å². The third-order valence-corrected chi connectivity index (χ3v) is 4.43. The van der Waals surface area contributed by atoms with Gasteiger partial charge in [-0.05, 0) is 26.0 Å². The number of carbonyl (C=O) groups excluding carboxylic acids is 2. The fourth-order valence-electron chi connectivity index (χ4n) is 2.37. The number of benzene rings is 1. The summed E-state index contributed by atoms with van der Waals surface area (Å²) in [4.78, 5) is 23.6. The molecule has 0 bridgehead atoms. The van der Waals surface area contributed by atoms with Gasteiger partial charge in [0.05, 0.1) is 18.7 Å². The van der Waals surface area contributed by atoms with Crippen molar-refractivity contribution in [3.05, 3.63) is 41.1 Å². The van der Waals surface area contributed by atoms with Crippen molar-refractivity contribution in [1.29, 1.82) is 0 Å². The van der Waals surface area contributed by atoms with Crippen LogP contribution in [0, 0.1) is 6.92 Å². The van der Waals surface area contributed by atoms with Gasteiger partial charge in [0.1, 0.15) is 0 Å². The molecule has 9 heteroatoms. The lowest BCUT2D eigenvalue weighted by molar-refractivity contribution is -0.138. The molecular formula is C17H18N4O4S. The molecule has 1 aliphatic heterocycles. The van der Waals surface area contributed by atoms with Gasteiger partial charge < -0.3 is 19.8 Å². The summed E-state index contributed by atoms with van der Waals surface area (Å²) in [6.45, 7) is 4.10. The zero-order chi connectivity index (χ0) is 18.5. The standard InChI is InChI=1S/C17H18N4O4S/c1-3-24-15(22)12-8-18-16(23)19-13(12)9-26-17-21-20-14(25-17)11-6-4-5-10(2)7-11/h4-7H,3,8-9H2,1-2H3,(H2,18,19,23). The smallest absolute Gasteiger partial charge is 0.337 e. The summed E-state index contributed by atoms with van der Waals surface area (Å²) in [7, 11) is 0. The Bertz CT molecular complexity index is 862. The highest BCUT2D eigenvalue weighted by atomic mass is 32.2. The first-order chi connectivity index (χ1) is 12.6. The van der Waals surface area contributed by atoms with E-state index in [0.717, 1.165) is 11.1 Å². The van der Waals surface area contributed by atoms with Gasteiger partial charge in [0, 0.05) is 17.0 Å². The Kier molecular flexibility index (Phi) is 5.57. The molecule has 2 heterocycles. The van der Waals surface area contributed by atoms with Gasteiger partial charge in [0.15, 0.2) is 0 Å². The number of amides is 2. The van der Waals surface area contributed by atoms with E-state index >= 15 is 0 Å². The van der Waals surface area contributed by atoms with Crippen LogP contribution >= 0.6 is 11.8 Å². The van der Waals surface area contributed by atoms with Gasteiger partial charge in [-0.15, -0.1) is 10.2 Å². The zero-order valence-corrected chi connectivity index (χ0v) is 15.2. The Balaban J connectivity index is 1.73. The van der Waals surface area contributed by atoms with Crippen molar-refractivity contribution in [2.24, 2.45) is 0 Å². The molecule has 0 aliphatic carbocycles. The number of thioether (sulfide) groups is 1. The van der Waals surface area contributed by atoms with Crippen molar-refractivity contribution < 1.29 is 18.7 Å². The molecule has 2 aromatic rings. The molecule has 0 unspecified atom stereocenters. The number of nitrogens with one attached hydrogen (secondary N) is 2. The lowest BCUT2D eigenvalue weighted by Gasteiger charge is -2.20. The molecular weight excluding hydrogens is 356 g/mol. The maximum absolute atomic E-state index is 12.0. The summed E-state index contributed by atoms with van der Waals surface area (Å²) in [6.07, 6.45) is 0. The van der Waals surface area contributed by atoms with E-state index in [9.17, 15) is 9.59 Å². The average Bonchev–Trinajstić information content (AvgIpc) is 3.09. The minimum atomic E-state index is -0.457. The Morgan fingerprint density at radius 2 is 2.23 bits per heavy atom. The highest BCUT2D eigenvalue weighted by molar-refractivity contribution is 7.99. The number of hydrogen-bond acceptors (Lipinski definition) is 7. The number of carbonyl (C=O) groups is 2. The van der Waals surface area contributed by atoms with E-state index in [1.165, 1.54) is 11.8 Å². The first-order valence-electron chi connectivity index (χ1n) is 8.04. The lowest BCUT2D eigenvalue weighted by Crippen LogP contribution is -2.44. The molecule has 8 nitrogen and oxygen atoms in total. The Morgan fingerprint density at radius 1 is 1.38 bits per heavy atom. The summed E-state index contributed by atoms with van der Waals surface area (Å²) < 4.78 is 10.7. The largest absolute Gasteiger partial charge is 0.463 e. The summed E-state index contributed by atoms with van der Waals surface area (Å²) in [5, 5.41) is 13.6. The predicted octanol–water partition coefficient (Wildman–Crippen LogP) is 2.27. The van der Waals surface area contributed by atoms with Crippen LogP contribution < -0.4 is 10.6 Å². The summed E-state index contributed by atoms with van der Waals surface area (Å²) in [5.41, 5.74) is 2.80. The van der Waals surface area contributed by atoms with E-state index in [4.69, 9.17) is 9.15 Å². The minimum absolute atomic E-state index is 0.124. The third-order valence-electron chi connectivity index (χ3n) is 3.59. The van der Waals surface area contributed by atoms with Crippen LogP contribution in [-0.2, 0) is 9.53 Å². The van der Waals surface area contributed by atoms with Gasteiger partial charge in [0.2, 0.25) is 5.89 Å². The molecule has 3 rings (SSSR count). The van der Waals surface area contributed by atoms with Crippen molar-refractivity contribution in [3.8, 4) is 11.5 Å². The Morgan fingerprint density at radius 3 is 3.00 bits per heavy atom. The number of nitrogens with zero attached hydrogens (tertiary/aromatic N) is 2. The second-order valence-electron chi connectivity index (χ2n) is 5.52. The molecule has 0 saturated heterocycles. The van der Waals surface area contributed by atoms with Crippen LogP contribution in [0.2, 0.25) is 0 Å². The van der Waals surface area contributed by atoms with Gasteiger partial charge in [-0.25, -0.2) is 9.59 Å². The second-order valence-corrected chi connectivity index (χ2v) is 6.44.